The molecule has 0 spiro atoms. The molecule has 1 fully saturated rings. The summed E-state index contributed by atoms with van der Waals surface area (Å²) in [6.45, 7) is 5.37. The van der Waals surface area contributed by atoms with Crippen molar-refractivity contribution < 1.29 is 19.4 Å². The van der Waals surface area contributed by atoms with Gasteiger partial charge >= 0.3 is 5.97 Å². The standard InChI is InChI=1S/C12H23NO4/c1-10(17-8-7-16-2)11(12(14)15)9-13-5-3-4-6-13/h10-11H,3-9H2,1-2H3,(H,14,15). The summed E-state index contributed by atoms with van der Waals surface area (Å²) in [5.74, 6) is -1.23. The molecular formula is C12H23NO4. The molecule has 0 aromatic carbocycles. The summed E-state index contributed by atoms with van der Waals surface area (Å²) in [7, 11) is 1.60. The van der Waals surface area contributed by atoms with Crippen LogP contribution in [0.4, 0.5) is 0 Å². The van der Waals surface area contributed by atoms with Crippen LogP contribution in [0.5, 0.6) is 0 Å². The Morgan fingerprint density at radius 2 is 2.00 bits per heavy atom. The van der Waals surface area contributed by atoms with Crippen molar-refractivity contribution in [2.75, 3.05) is 40.0 Å². The number of likely N-dealkylation sites (tertiary alicyclic amines) is 1. The van der Waals surface area contributed by atoms with Crippen LogP contribution in [0.2, 0.25) is 0 Å². The Hall–Kier alpha value is -0.650. The summed E-state index contributed by atoms with van der Waals surface area (Å²) in [6, 6.07) is 0. The molecule has 0 amide bonds. The topological polar surface area (TPSA) is 59.0 Å². The summed E-state index contributed by atoms with van der Waals surface area (Å²) >= 11 is 0. The lowest BCUT2D eigenvalue weighted by atomic mass is 10.0. The zero-order valence-electron chi connectivity index (χ0n) is 10.7. The lowest BCUT2D eigenvalue weighted by molar-refractivity contribution is -0.148. The summed E-state index contributed by atoms with van der Waals surface area (Å²) in [4.78, 5) is 13.4. The largest absolute Gasteiger partial charge is 0.481 e. The van der Waals surface area contributed by atoms with Crippen molar-refractivity contribution in [2.45, 2.75) is 25.9 Å². The van der Waals surface area contributed by atoms with Gasteiger partial charge in [0.05, 0.1) is 25.2 Å². The first-order chi connectivity index (χ1) is 8.15. The monoisotopic (exact) mass is 245 g/mol. The Morgan fingerprint density at radius 1 is 1.35 bits per heavy atom. The number of methoxy groups -OCH3 is 1. The molecule has 5 nitrogen and oxygen atoms in total. The molecule has 0 aromatic rings. The van der Waals surface area contributed by atoms with E-state index in [1.54, 1.807) is 7.11 Å². The molecule has 17 heavy (non-hydrogen) atoms. The minimum atomic E-state index is -0.776. The van der Waals surface area contributed by atoms with Gasteiger partial charge in [0.25, 0.3) is 0 Å². The first kappa shape index (κ1) is 14.4. The number of rotatable bonds is 8. The number of aliphatic carboxylic acids is 1. The Morgan fingerprint density at radius 3 is 2.53 bits per heavy atom. The molecule has 5 heteroatoms. The molecule has 1 heterocycles. The van der Waals surface area contributed by atoms with Gasteiger partial charge in [0.2, 0.25) is 0 Å². The van der Waals surface area contributed by atoms with Crippen LogP contribution in [0, 0.1) is 5.92 Å². The van der Waals surface area contributed by atoms with Crippen LogP contribution in [0.25, 0.3) is 0 Å². The van der Waals surface area contributed by atoms with E-state index in [0.29, 0.717) is 19.8 Å². The van der Waals surface area contributed by atoms with Crippen molar-refractivity contribution >= 4 is 5.97 Å². The predicted octanol–water partition coefficient (Wildman–Crippen LogP) is 0.835. The van der Waals surface area contributed by atoms with Crippen LogP contribution in [0.3, 0.4) is 0 Å². The Labute approximate surface area is 103 Å². The van der Waals surface area contributed by atoms with Crippen molar-refractivity contribution in [3.63, 3.8) is 0 Å². The highest BCUT2D eigenvalue weighted by Gasteiger charge is 2.28. The van der Waals surface area contributed by atoms with Crippen LogP contribution < -0.4 is 0 Å². The second kappa shape index (κ2) is 7.63. The number of ether oxygens (including phenoxy) is 2. The third-order valence-corrected chi connectivity index (χ3v) is 3.21. The predicted molar refractivity (Wildman–Crippen MR) is 64.1 cm³/mol. The van der Waals surface area contributed by atoms with Gasteiger partial charge in [-0.1, -0.05) is 0 Å². The maximum Gasteiger partial charge on any atom is 0.310 e. The Bertz CT molecular complexity index is 229. The maximum absolute atomic E-state index is 11.2. The van der Waals surface area contributed by atoms with Crippen LogP contribution in [0.15, 0.2) is 0 Å². The van der Waals surface area contributed by atoms with Crippen molar-refractivity contribution in [1.29, 1.82) is 0 Å². The third-order valence-electron chi connectivity index (χ3n) is 3.21. The van der Waals surface area contributed by atoms with Gasteiger partial charge in [-0.2, -0.15) is 0 Å². The smallest absolute Gasteiger partial charge is 0.310 e. The molecule has 1 aliphatic rings. The van der Waals surface area contributed by atoms with E-state index in [9.17, 15) is 9.90 Å². The van der Waals surface area contributed by atoms with E-state index < -0.39 is 11.9 Å². The lowest BCUT2D eigenvalue weighted by Crippen LogP contribution is -2.38. The number of nitrogens with zero attached hydrogens (tertiary/aromatic N) is 1. The average molecular weight is 245 g/mol. The minimum Gasteiger partial charge on any atom is -0.481 e. The molecule has 1 N–H and O–H groups in total. The zero-order chi connectivity index (χ0) is 12.7. The first-order valence-corrected chi connectivity index (χ1v) is 6.21. The third kappa shape index (κ3) is 5.02. The van der Waals surface area contributed by atoms with E-state index in [-0.39, 0.29) is 6.10 Å². The van der Waals surface area contributed by atoms with E-state index >= 15 is 0 Å². The highest BCUT2D eigenvalue weighted by Crippen LogP contribution is 2.15. The SMILES string of the molecule is COCCOC(C)C(CN1CCCC1)C(=O)O. The molecule has 1 saturated heterocycles. The van der Waals surface area contributed by atoms with Gasteiger partial charge in [-0.05, 0) is 32.9 Å². The second-order valence-electron chi connectivity index (χ2n) is 4.52. The maximum atomic E-state index is 11.2. The Kier molecular flexibility index (Phi) is 6.47. The second-order valence-corrected chi connectivity index (χ2v) is 4.52. The van der Waals surface area contributed by atoms with Gasteiger partial charge in [-0.15, -0.1) is 0 Å². The molecule has 2 unspecified atom stereocenters. The summed E-state index contributed by atoms with van der Waals surface area (Å²) < 4.78 is 10.4. The van der Waals surface area contributed by atoms with Crippen molar-refractivity contribution in [2.24, 2.45) is 5.92 Å². The molecule has 0 radical (unpaired) electrons. The molecule has 0 aliphatic carbocycles. The van der Waals surface area contributed by atoms with E-state index in [1.165, 1.54) is 12.8 Å². The van der Waals surface area contributed by atoms with Crippen LogP contribution >= 0.6 is 0 Å². The number of hydrogen-bond acceptors (Lipinski definition) is 4. The van der Waals surface area contributed by atoms with E-state index in [2.05, 4.69) is 4.90 Å². The quantitative estimate of drug-likeness (QED) is 0.642. The molecular weight excluding hydrogens is 222 g/mol. The molecule has 100 valence electrons. The minimum absolute atomic E-state index is 0.275. The fraction of sp³-hybridized carbons (Fsp3) is 0.917. The van der Waals surface area contributed by atoms with Crippen molar-refractivity contribution in [3.05, 3.63) is 0 Å². The van der Waals surface area contributed by atoms with Gasteiger partial charge < -0.3 is 19.5 Å². The number of carboxylic acids is 1. The summed E-state index contributed by atoms with van der Waals surface area (Å²) in [6.07, 6.45) is 2.07. The summed E-state index contributed by atoms with van der Waals surface area (Å²) in [5.41, 5.74) is 0. The van der Waals surface area contributed by atoms with E-state index in [1.807, 2.05) is 6.92 Å². The Balaban J connectivity index is 2.37. The summed E-state index contributed by atoms with van der Waals surface area (Å²) in [5, 5.41) is 9.22. The fourth-order valence-electron chi connectivity index (χ4n) is 2.10. The van der Waals surface area contributed by atoms with Gasteiger partial charge in [-0.3, -0.25) is 4.79 Å². The van der Waals surface area contributed by atoms with Crippen LogP contribution in [0.1, 0.15) is 19.8 Å². The molecule has 0 aromatic heterocycles. The lowest BCUT2D eigenvalue weighted by Gasteiger charge is -2.25. The van der Waals surface area contributed by atoms with Gasteiger partial charge in [0.15, 0.2) is 0 Å². The van der Waals surface area contributed by atoms with Crippen LogP contribution in [-0.4, -0.2) is 62.0 Å². The molecule has 0 saturated carbocycles. The zero-order valence-corrected chi connectivity index (χ0v) is 10.7. The fourth-order valence-corrected chi connectivity index (χ4v) is 2.10. The molecule has 1 aliphatic heterocycles. The molecule has 2 atom stereocenters. The van der Waals surface area contributed by atoms with E-state index in [4.69, 9.17) is 9.47 Å². The first-order valence-electron chi connectivity index (χ1n) is 6.21. The molecule has 1 rings (SSSR count). The van der Waals surface area contributed by atoms with Gasteiger partial charge in [0, 0.05) is 13.7 Å². The van der Waals surface area contributed by atoms with Crippen molar-refractivity contribution in [1.82, 2.24) is 4.90 Å². The highest BCUT2D eigenvalue weighted by molar-refractivity contribution is 5.71. The molecule has 0 bridgehead atoms. The van der Waals surface area contributed by atoms with Crippen molar-refractivity contribution in [3.8, 4) is 0 Å². The van der Waals surface area contributed by atoms with Crippen LogP contribution in [-0.2, 0) is 14.3 Å². The number of carboxylic acid groups (broad SMARTS) is 1. The van der Waals surface area contributed by atoms with Gasteiger partial charge in [-0.25, -0.2) is 0 Å². The normalized spacial score (nSPS) is 20.4. The number of carbonyl (C=O) groups is 1. The number of hydrogen-bond donors (Lipinski definition) is 1. The highest BCUT2D eigenvalue weighted by atomic mass is 16.5. The van der Waals surface area contributed by atoms with Gasteiger partial charge in [0.1, 0.15) is 0 Å². The van der Waals surface area contributed by atoms with E-state index in [0.717, 1.165) is 13.1 Å². The average Bonchev–Trinajstić information content (AvgIpc) is 2.78.